The minimum Gasteiger partial charge on any atom is -0.320 e. The molecule has 8 heteroatoms. The molecule has 8 nitrogen and oxygen atoms in total. The van der Waals surface area contributed by atoms with E-state index in [9.17, 15) is 19.7 Å². The summed E-state index contributed by atoms with van der Waals surface area (Å²) in [6.07, 6.45) is 0.370. The Morgan fingerprint density at radius 2 is 1.96 bits per heavy atom. The number of nitrogens with zero attached hydrogens (tertiary/aromatic N) is 3. The molecule has 2 aromatic carbocycles. The number of anilines is 2. The highest BCUT2D eigenvalue weighted by Gasteiger charge is 2.26. The van der Waals surface area contributed by atoms with Gasteiger partial charge in [-0.3, -0.25) is 19.7 Å². The van der Waals surface area contributed by atoms with Gasteiger partial charge in [-0.05, 0) is 37.1 Å². The molecular formula is C19H18N4O4. The molecule has 0 saturated carbocycles. The van der Waals surface area contributed by atoms with Gasteiger partial charge in [0.25, 0.3) is 11.6 Å². The van der Waals surface area contributed by atoms with Crippen molar-refractivity contribution in [3.8, 4) is 0 Å². The first-order chi connectivity index (χ1) is 12.8. The van der Waals surface area contributed by atoms with E-state index in [1.807, 2.05) is 25.1 Å². The number of amides is 2. The van der Waals surface area contributed by atoms with Crippen LogP contribution in [0.4, 0.5) is 17.1 Å². The second kappa shape index (κ2) is 7.36. The first kappa shape index (κ1) is 18.2. The number of hydrogen-bond acceptors (Lipinski definition) is 5. The molecule has 1 N–H and O–H groups in total. The maximum absolute atomic E-state index is 12.6. The van der Waals surface area contributed by atoms with Crippen molar-refractivity contribution < 1.29 is 14.5 Å². The van der Waals surface area contributed by atoms with E-state index in [2.05, 4.69) is 10.4 Å². The fourth-order valence-electron chi connectivity index (χ4n) is 2.73. The zero-order chi connectivity index (χ0) is 19.6. The Balaban J connectivity index is 1.86. The van der Waals surface area contributed by atoms with Gasteiger partial charge in [0.1, 0.15) is 5.71 Å². The monoisotopic (exact) mass is 366 g/mol. The Morgan fingerprint density at radius 3 is 2.67 bits per heavy atom. The van der Waals surface area contributed by atoms with Crippen molar-refractivity contribution in [3.63, 3.8) is 0 Å². The Bertz CT molecular complexity index is 968. The lowest BCUT2D eigenvalue weighted by Gasteiger charge is -2.23. The van der Waals surface area contributed by atoms with Crippen LogP contribution in [0.5, 0.6) is 0 Å². The highest BCUT2D eigenvalue weighted by Crippen LogP contribution is 2.24. The molecule has 0 unspecified atom stereocenters. The van der Waals surface area contributed by atoms with E-state index in [1.54, 1.807) is 19.1 Å². The van der Waals surface area contributed by atoms with Gasteiger partial charge in [-0.1, -0.05) is 18.2 Å². The van der Waals surface area contributed by atoms with Gasteiger partial charge in [-0.25, -0.2) is 5.01 Å². The third-order valence-corrected chi connectivity index (χ3v) is 4.22. The van der Waals surface area contributed by atoms with E-state index in [-0.39, 0.29) is 30.1 Å². The topological polar surface area (TPSA) is 105 Å². The average Bonchev–Trinajstić information content (AvgIpc) is 2.63. The van der Waals surface area contributed by atoms with E-state index in [4.69, 9.17) is 0 Å². The summed E-state index contributed by atoms with van der Waals surface area (Å²) in [6, 6.07) is 11.5. The van der Waals surface area contributed by atoms with Gasteiger partial charge in [-0.15, -0.1) is 0 Å². The zero-order valence-corrected chi connectivity index (χ0v) is 14.9. The van der Waals surface area contributed by atoms with Crippen molar-refractivity contribution in [2.24, 2.45) is 5.10 Å². The fourth-order valence-corrected chi connectivity index (χ4v) is 2.73. The summed E-state index contributed by atoms with van der Waals surface area (Å²) >= 11 is 0. The minimum absolute atomic E-state index is 0.113. The van der Waals surface area contributed by atoms with Gasteiger partial charge < -0.3 is 5.32 Å². The summed E-state index contributed by atoms with van der Waals surface area (Å²) in [5.74, 6) is -0.674. The van der Waals surface area contributed by atoms with Gasteiger partial charge in [0, 0.05) is 25.0 Å². The van der Waals surface area contributed by atoms with Crippen LogP contribution in [0.15, 0.2) is 47.6 Å². The lowest BCUT2D eigenvalue weighted by atomic mass is 10.1. The number of non-ortho nitro benzene ring substituents is 1. The number of nitrogens with one attached hydrogen (secondary N) is 1. The van der Waals surface area contributed by atoms with Crippen LogP contribution < -0.4 is 10.3 Å². The highest BCUT2D eigenvalue weighted by molar-refractivity contribution is 6.44. The van der Waals surface area contributed by atoms with Crippen molar-refractivity contribution in [3.05, 3.63) is 63.7 Å². The number of carbonyl (C=O) groups excluding carboxylic acids is 2. The van der Waals surface area contributed by atoms with Crippen LogP contribution in [0.1, 0.15) is 24.0 Å². The Hall–Kier alpha value is -3.55. The van der Waals surface area contributed by atoms with Crippen LogP contribution in [-0.4, -0.2) is 22.4 Å². The van der Waals surface area contributed by atoms with E-state index in [0.29, 0.717) is 16.9 Å². The molecule has 1 heterocycles. The number of hydrogen-bond donors (Lipinski definition) is 1. The van der Waals surface area contributed by atoms with E-state index in [0.717, 1.165) is 5.56 Å². The van der Waals surface area contributed by atoms with Crippen molar-refractivity contribution in [2.75, 3.05) is 10.3 Å². The van der Waals surface area contributed by atoms with Crippen molar-refractivity contribution >= 4 is 34.6 Å². The number of rotatable bonds is 4. The molecule has 0 bridgehead atoms. The molecule has 2 aromatic rings. The predicted molar refractivity (Wildman–Crippen MR) is 102 cm³/mol. The van der Waals surface area contributed by atoms with Crippen LogP contribution in [0.25, 0.3) is 0 Å². The Morgan fingerprint density at radius 1 is 1.19 bits per heavy atom. The third-order valence-electron chi connectivity index (χ3n) is 4.22. The van der Waals surface area contributed by atoms with Crippen LogP contribution >= 0.6 is 0 Å². The van der Waals surface area contributed by atoms with Gasteiger partial charge in [0.15, 0.2) is 0 Å². The normalized spacial score (nSPS) is 13.9. The molecule has 0 saturated heterocycles. The largest absolute Gasteiger partial charge is 0.320 e. The summed E-state index contributed by atoms with van der Waals surface area (Å²) < 4.78 is 0. The molecule has 27 heavy (non-hydrogen) atoms. The molecule has 138 valence electrons. The third kappa shape index (κ3) is 4.00. The first-order valence-electron chi connectivity index (χ1n) is 8.38. The molecule has 1 aliphatic heterocycles. The summed E-state index contributed by atoms with van der Waals surface area (Å²) in [6.45, 7) is 3.64. The number of benzene rings is 2. The molecule has 3 rings (SSSR count). The summed E-state index contributed by atoms with van der Waals surface area (Å²) in [4.78, 5) is 35.2. The first-order valence-corrected chi connectivity index (χ1v) is 8.38. The summed E-state index contributed by atoms with van der Waals surface area (Å²) in [5, 5.41) is 19.0. The molecule has 0 radical (unpaired) electrons. The van der Waals surface area contributed by atoms with Crippen molar-refractivity contribution in [1.29, 1.82) is 0 Å². The minimum atomic E-state index is -0.522. The van der Waals surface area contributed by atoms with Crippen LogP contribution in [0.2, 0.25) is 0 Å². The lowest BCUT2D eigenvalue weighted by Crippen LogP contribution is -2.36. The quantitative estimate of drug-likeness (QED) is 0.662. The van der Waals surface area contributed by atoms with Crippen LogP contribution in [0, 0.1) is 24.0 Å². The van der Waals surface area contributed by atoms with Gasteiger partial charge >= 0.3 is 0 Å². The van der Waals surface area contributed by atoms with E-state index in [1.165, 1.54) is 17.1 Å². The molecule has 0 fully saturated rings. The highest BCUT2D eigenvalue weighted by atomic mass is 16.6. The molecule has 0 atom stereocenters. The zero-order valence-electron chi connectivity index (χ0n) is 14.9. The van der Waals surface area contributed by atoms with Crippen molar-refractivity contribution in [1.82, 2.24) is 0 Å². The Kier molecular flexibility index (Phi) is 4.98. The standard InChI is InChI=1S/C19H18N4O4/c1-12-4-3-5-14(10-12)22-18(24)9-8-16(21-22)19(25)20-17-11-15(23(26)27)7-6-13(17)2/h3-7,10-11H,8-9H2,1-2H3,(H,20,25). The second-order valence-electron chi connectivity index (χ2n) is 6.30. The molecule has 0 aliphatic carbocycles. The predicted octanol–water partition coefficient (Wildman–Crippen LogP) is 3.33. The van der Waals surface area contributed by atoms with Crippen LogP contribution in [0.3, 0.4) is 0 Å². The maximum Gasteiger partial charge on any atom is 0.271 e. The van der Waals surface area contributed by atoms with Gasteiger partial charge in [0.05, 0.1) is 16.3 Å². The maximum atomic E-state index is 12.6. The number of aryl methyl sites for hydroxylation is 2. The number of nitro benzene ring substituents is 1. The number of nitro groups is 1. The fraction of sp³-hybridized carbons (Fsp3) is 0.211. The number of hydrazone groups is 1. The van der Waals surface area contributed by atoms with E-state index >= 15 is 0 Å². The van der Waals surface area contributed by atoms with Gasteiger partial charge in [0.2, 0.25) is 5.91 Å². The number of carbonyl (C=O) groups is 2. The van der Waals surface area contributed by atoms with E-state index < -0.39 is 10.8 Å². The Labute approximate surface area is 155 Å². The summed E-state index contributed by atoms with van der Waals surface area (Å²) in [7, 11) is 0. The van der Waals surface area contributed by atoms with Crippen LogP contribution in [-0.2, 0) is 9.59 Å². The molecule has 1 aliphatic rings. The molecule has 0 spiro atoms. The van der Waals surface area contributed by atoms with Gasteiger partial charge in [-0.2, -0.15) is 5.10 Å². The average molecular weight is 366 g/mol. The molecular weight excluding hydrogens is 348 g/mol. The molecule has 0 aromatic heterocycles. The molecule has 2 amide bonds. The van der Waals surface area contributed by atoms with Crippen molar-refractivity contribution in [2.45, 2.75) is 26.7 Å². The smallest absolute Gasteiger partial charge is 0.271 e. The lowest BCUT2D eigenvalue weighted by molar-refractivity contribution is -0.384. The SMILES string of the molecule is Cc1cccc(N2N=C(C(=O)Nc3cc([N+](=O)[O-])ccc3C)CCC2=O)c1. The summed E-state index contributed by atoms with van der Waals surface area (Å²) in [5.41, 5.74) is 2.68. The second-order valence-corrected chi connectivity index (χ2v) is 6.30.